The Hall–Kier alpha value is -1.06. The van der Waals surface area contributed by atoms with Gasteiger partial charge < -0.3 is 10.2 Å². The van der Waals surface area contributed by atoms with Crippen LogP contribution in [0.4, 0.5) is 0 Å². The summed E-state index contributed by atoms with van der Waals surface area (Å²) >= 11 is 0. The fraction of sp³-hybridized carbons (Fsp3) is 0.632. The molecule has 2 aliphatic heterocycles. The average molecular weight is 337 g/mol. The third-order valence-electron chi connectivity index (χ3n) is 5.30. The van der Waals surface area contributed by atoms with Crippen LogP contribution in [0.3, 0.4) is 0 Å². The minimum Gasteiger partial charge on any atom is -0.341 e. The second kappa shape index (κ2) is 8.16. The van der Waals surface area contributed by atoms with Gasteiger partial charge in [0.15, 0.2) is 0 Å². The van der Waals surface area contributed by atoms with E-state index >= 15 is 0 Å². The van der Waals surface area contributed by atoms with Crippen molar-refractivity contribution in [3.05, 3.63) is 35.9 Å². The van der Waals surface area contributed by atoms with Crippen LogP contribution in [-0.2, 0) is 4.79 Å². The Morgan fingerprint density at radius 1 is 1.17 bits per heavy atom. The van der Waals surface area contributed by atoms with Crippen molar-refractivity contribution in [3.63, 3.8) is 0 Å². The quantitative estimate of drug-likeness (QED) is 0.911. The Bertz CT molecular complexity index is 505. The molecule has 3 rings (SSSR count). The summed E-state index contributed by atoms with van der Waals surface area (Å²) in [4.78, 5) is 14.9. The van der Waals surface area contributed by atoms with Gasteiger partial charge in [-0.1, -0.05) is 44.2 Å². The zero-order valence-corrected chi connectivity index (χ0v) is 15.0. The van der Waals surface area contributed by atoms with Gasteiger partial charge in [-0.25, -0.2) is 0 Å². The van der Waals surface area contributed by atoms with Crippen LogP contribution in [0.5, 0.6) is 0 Å². The molecular weight excluding hydrogens is 308 g/mol. The predicted molar refractivity (Wildman–Crippen MR) is 97.0 cm³/mol. The number of nitrogens with one attached hydrogen (secondary N) is 1. The monoisotopic (exact) mass is 336 g/mol. The summed E-state index contributed by atoms with van der Waals surface area (Å²) < 4.78 is 0. The lowest BCUT2D eigenvalue weighted by Crippen LogP contribution is -2.39. The van der Waals surface area contributed by atoms with E-state index in [2.05, 4.69) is 48.3 Å². The number of likely N-dealkylation sites (tertiary alicyclic amines) is 1. The van der Waals surface area contributed by atoms with Gasteiger partial charge in [0.1, 0.15) is 0 Å². The van der Waals surface area contributed by atoms with Gasteiger partial charge in [-0.15, -0.1) is 12.4 Å². The molecule has 1 amide bonds. The molecule has 4 heteroatoms. The summed E-state index contributed by atoms with van der Waals surface area (Å²) in [5.41, 5.74) is 1.29. The fourth-order valence-electron chi connectivity index (χ4n) is 3.93. The molecule has 128 valence electrons. The van der Waals surface area contributed by atoms with Crippen molar-refractivity contribution < 1.29 is 4.79 Å². The van der Waals surface area contributed by atoms with Gasteiger partial charge in [0, 0.05) is 31.6 Å². The third kappa shape index (κ3) is 4.48. The van der Waals surface area contributed by atoms with Crippen molar-refractivity contribution in [2.24, 2.45) is 5.92 Å². The maximum absolute atomic E-state index is 12.8. The number of hydrogen-bond acceptors (Lipinski definition) is 2. The molecule has 3 nitrogen and oxygen atoms in total. The van der Waals surface area contributed by atoms with Crippen LogP contribution in [0.1, 0.15) is 51.0 Å². The molecule has 1 N–H and O–H groups in total. The average Bonchev–Trinajstić information content (AvgIpc) is 2.84. The second-order valence-electron chi connectivity index (χ2n) is 7.23. The molecular formula is C19H29ClN2O. The van der Waals surface area contributed by atoms with E-state index in [1.165, 1.54) is 18.4 Å². The van der Waals surface area contributed by atoms with E-state index in [1.807, 2.05) is 6.07 Å². The normalized spacial score (nSPS) is 24.9. The Balaban J connectivity index is 0.00000192. The maximum Gasteiger partial charge on any atom is 0.223 e. The SMILES string of the molecule is CC(C)C(CC(=O)N1CCC2CCC(C1)N2)c1ccccc1.Cl. The largest absolute Gasteiger partial charge is 0.341 e. The Kier molecular flexibility index (Phi) is 6.49. The Labute approximate surface area is 146 Å². The molecule has 1 aromatic carbocycles. The molecule has 23 heavy (non-hydrogen) atoms. The molecule has 2 bridgehead atoms. The molecule has 2 heterocycles. The number of halogens is 1. The number of carbonyl (C=O) groups is 1. The van der Waals surface area contributed by atoms with Gasteiger partial charge in [-0.05, 0) is 36.7 Å². The van der Waals surface area contributed by atoms with E-state index in [9.17, 15) is 4.79 Å². The minimum atomic E-state index is 0. The van der Waals surface area contributed by atoms with E-state index in [0.29, 0.717) is 36.2 Å². The van der Waals surface area contributed by atoms with E-state index in [1.54, 1.807) is 0 Å². The van der Waals surface area contributed by atoms with E-state index < -0.39 is 0 Å². The van der Waals surface area contributed by atoms with Crippen LogP contribution in [0, 0.1) is 5.92 Å². The molecule has 0 radical (unpaired) electrons. The van der Waals surface area contributed by atoms with Crippen LogP contribution in [-0.4, -0.2) is 36.0 Å². The summed E-state index contributed by atoms with van der Waals surface area (Å²) in [5.74, 6) is 1.13. The van der Waals surface area contributed by atoms with Gasteiger partial charge in [-0.3, -0.25) is 4.79 Å². The number of carbonyl (C=O) groups excluding carboxylic acids is 1. The Morgan fingerprint density at radius 2 is 1.87 bits per heavy atom. The van der Waals surface area contributed by atoms with Gasteiger partial charge >= 0.3 is 0 Å². The molecule has 3 atom stereocenters. The molecule has 0 aromatic heterocycles. The summed E-state index contributed by atoms with van der Waals surface area (Å²) in [5, 5.41) is 3.65. The zero-order valence-electron chi connectivity index (χ0n) is 14.2. The minimum absolute atomic E-state index is 0. The number of amides is 1. The summed E-state index contributed by atoms with van der Waals surface area (Å²) in [6, 6.07) is 11.7. The molecule has 1 aromatic rings. The second-order valence-corrected chi connectivity index (χ2v) is 7.23. The van der Waals surface area contributed by atoms with Gasteiger partial charge in [0.05, 0.1) is 0 Å². The first-order valence-corrected chi connectivity index (χ1v) is 8.72. The van der Waals surface area contributed by atoms with E-state index in [4.69, 9.17) is 0 Å². The van der Waals surface area contributed by atoms with Crippen LogP contribution in [0.2, 0.25) is 0 Å². The first kappa shape index (κ1) is 18.3. The van der Waals surface area contributed by atoms with E-state index in [0.717, 1.165) is 19.5 Å². The van der Waals surface area contributed by atoms with Crippen molar-refractivity contribution >= 4 is 18.3 Å². The number of hydrogen-bond donors (Lipinski definition) is 1. The highest BCUT2D eigenvalue weighted by molar-refractivity contribution is 5.85. The van der Waals surface area contributed by atoms with Gasteiger partial charge in [0.2, 0.25) is 5.91 Å². The van der Waals surface area contributed by atoms with Crippen molar-refractivity contribution in [3.8, 4) is 0 Å². The number of benzene rings is 1. The molecule has 0 saturated carbocycles. The summed E-state index contributed by atoms with van der Waals surface area (Å²) in [7, 11) is 0. The maximum atomic E-state index is 12.8. The molecule has 3 unspecified atom stereocenters. The number of nitrogens with zero attached hydrogens (tertiary/aromatic N) is 1. The van der Waals surface area contributed by atoms with Crippen LogP contribution < -0.4 is 5.32 Å². The smallest absolute Gasteiger partial charge is 0.223 e. The molecule has 2 fully saturated rings. The number of rotatable bonds is 4. The van der Waals surface area contributed by atoms with Crippen molar-refractivity contribution in [1.82, 2.24) is 10.2 Å². The van der Waals surface area contributed by atoms with Crippen molar-refractivity contribution in [2.75, 3.05) is 13.1 Å². The molecule has 0 aliphatic carbocycles. The lowest BCUT2D eigenvalue weighted by atomic mass is 9.85. The van der Waals surface area contributed by atoms with Crippen LogP contribution in [0.15, 0.2) is 30.3 Å². The fourth-order valence-corrected chi connectivity index (χ4v) is 3.93. The predicted octanol–water partition coefficient (Wildman–Crippen LogP) is 3.59. The lowest BCUT2D eigenvalue weighted by Gasteiger charge is -2.28. The van der Waals surface area contributed by atoms with Crippen molar-refractivity contribution in [2.45, 2.75) is 57.5 Å². The molecule has 2 aliphatic rings. The highest BCUT2D eigenvalue weighted by Crippen LogP contribution is 2.29. The summed E-state index contributed by atoms with van der Waals surface area (Å²) in [6.07, 6.45) is 4.26. The van der Waals surface area contributed by atoms with Gasteiger partial charge in [-0.2, -0.15) is 0 Å². The van der Waals surface area contributed by atoms with Crippen molar-refractivity contribution in [1.29, 1.82) is 0 Å². The highest BCUT2D eigenvalue weighted by atomic mass is 35.5. The molecule has 0 spiro atoms. The topological polar surface area (TPSA) is 32.3 Å². The third-order valence-corrected chi connectivity index (χ3v) is 5.30. The standard InChI is InChI=1S/C19H28N2O.ClH/c1-14(2)18(15-6-4-3-5-7-15)12-19(22)21-11-10-16-8-9-17(13-21)20-16;/h3-7,14,16-18,20H,8-13H2,1-2H3;1H. The first-order valence-electron chi connectivity index (χ1n) is 8.72. The lowest BCUT2D eigenvalue weighted by molar-refractivity contribution is -0.132. The zero-order chi connectivity index (χ0) is 15.5. The first-order chi connectivity index (χ1) is 10.6. The van der Waals surface area contributed by atoms with Crippen LogP contribution in [0.25, 0.3) is 0 Å². The summed E-state index contributed by atoms with van der Waals surface area (Å²) in [6.45, 7) is 6.26. The molecule has 2 saturated heterocycles. The van der Waals surface area contributed by atoms with Crippen LogP contribution >= 0.6 is 12.4 Å². The van der Waals surface area contributed by atoms with E-state index in [-0.39, 0.29) is 12.4 Å². The van der Waals surface area contributed by atoms with Gasteiger partial charge in [0.25, 0.3) is 0 Å². The number of fused-ring (bicyclic) bond motifs is 2. The Morgan fingerprint density at radius 3 is 2.57 bits per heavy atom. The highest BCUT2D eigenvalue weighted by Gasteiger charge is 2.32.